The lowest BCUT2D eigenvalue weighted by Crippen LogP contribution is -2.56. The van der Waals surface area contributed by atoms with E-state index in [1.54, 1.807) is 7.05 Å². The average molecular weight is 347 g/mol. The number of nitrogens with one attached hydrogen (secondary N) is 1. The molecule has 0 unspecified atom stereocenters. The first-order valence-electron chi connectivity index (χ1n) is 9.34. The number of hydrogen-bond donors (Lipinski definition) is 1. The van der Waals surface area contributed by atoms with Crippen molar-refractivity contribution in [2.45, 2.75) is 45.7 Å². The molecule has 1 aliphatic carbocycles. The normalized spacial score (nSPS) is 20.6. The fourth-order valence-corrected chi connectivity index (χ4v) is 3.92. The highest BCUT2D eigenvalue weighted by molar-refractivity contribution is 6.05. The van der Waals surface area contributed by atoms with Crippen LogP contribution in [-0.2, 0) is 22.7 Å². The average Bonchev–Trinajstić information content (AvgIpc) is 2.89. The van der Waals surface area contributed by atoms with Gasteiger partial charge < -0.3 is 14.8 Å². The summed E-state index contributed by atoms with van der Waals surface area (Å²) in [4.78, 5) is 34.0. The molecule has 25 heavy (non-hydrogen) atoms. The summed E-state index contributed by atoms with van der Waals surface area (Å²) < 4.78 is 2.16. The van der Waals surface area contributed by atoms with Crippen LogP contribution in [0.25, 0.3) is 0 Å². The summed E-state index contributed by atoms with van der Waals surface area (Å²) in [6, 6.07) is 0. The van der Waals surface area contributed by atoms with Crippen LogP contribution in [0.3, 0.4) is 0 Å². The summed E-state index contributed by atoms with van der Waals surface area (Å²) in [6.45, 7) is 7.04. The van der Waals surface area contributed by atoms with Crippen LogP contribution in [0.2, 0.25) is 0 Å². The molecule has 0 spiro atoms. The topological polar surface area (TPSA) is 70.5 Å². The molecular weight excluding hydrogens is 318 g/mol. The number of amides is 2. The number of aromatic nitrogens is 2. The number of imidazole rings is 1. The standard InChI is InChI=1S/C18H29N5O2/c1-3-22-11-8-20-15(22)14-21-9-5-10-23(13-12-21)17(25)18(6-4-7-18)16(24)19-2/h8,11H,3-7,9-10,12-14H2,1-2H3,(H,19,24). The molecule has 1 aromatic rings. The predicted molar refractivity (Wildman–Crippen MR) is 94.7 cm³/mol. The van der Waals surface area contributed by atoms with E-state index in [4.69, 9.17) is 0 Å². The highest BCUT2D eigenvalue weighted by Gasteiger charge is 2.52. The second-order valence-electron chi connectivity index (χ2n) is 7.07. The van der Waals surface area contributed by atoms with Crippen LogP contribution in [0.4, 0.5) is 0 Å². The van der Waals surface area contributed by atoms with Crippen LogP contribution in [-0.4, -0.2) is 64.4 Å². The Hall–Kier alpha value is -1.89. The molecule has 2 amide bonds. The lowest BCUT2D eigenvalue weighted by molar-refractivity contribution is -0.156. The number of rotatable bonds is 5. The number of carbonyl (C=O) groups excluding carboxylic acids is 2. The highest BCUT2D eigenvalue weighted by Crippen LogP contribution is 2.43. The van der Waals surface area contributed by atoms with Crippen molar-refractivity contribution < 1.29 is 9.59 Å². The fourth-order valence-electron chi connectivity index (χ4n) is 3.92. The number of carbonyl (C=O) groups is 2. The van der Waals surface area contributed by atoms with Gasteiger partial charge in [-0.05, 0) is 26.2 Å². The van der Waals surface area contributed by atoms with Gasteiger partial charge in [0.1, 0.15) is 11.2 Å². The Kier molecular flexibility index (Phi) is 5.42. The Morgan fingerprint density at radius 3 is 2.64 bits per heavy atom. The summed E-state index contributed by atoms with van der Waals surface area (Å²) in [6.07, 6.45) is 7.10. The lowest BCUT2D eigenvalue weighted by Gasteiger charge is -2.41. The number of aryl methyl sites for hydroxylation is 1. The van der Waals surface area contributed by atoms with E-state index < -0.39 is 5.41 Å². The van der Waals surface area contributed by atoms with Gasteiger partial charge >= 0.3 is 0 Å². The summed E-state index contributed by atoms with van der Waals surface area (Å²) in [5.74, 6) is 0.980. The van der Waals surface area contributed by atoms with Gasteiger partial charge in [0, 0.05) is 52.2 Å². The van der Waals surface area contributed by atoms with Gasteiger partial charge in [-0.15, -0.1) is 0 Å². The molecule has 7 nitrogen and oxygen atoms in total. The van der Waals surface area contributed by atoms with E-state index in [9.17, 15) is 9.59 Å². The van der Waals surface area contributed by atoms with Gasteiger partial charge in [0.25, 0.3) is 0 Å². The van der Waals surface area contributed by atoms with Crippen LogP contribution >= 0.6 is 0 Å². The van der Waals surface area contributed by atoms with Gasteiger partial charge in [0.15, 0.2) is 0 Å². The molecule has 3 rings (SSSR count). The molecule has 0 bridgehead atoms. The molecule has 2 aliphatic rings. The van der Waals surface area contributed by atoms with Gasteiger partial charge in [-0.2, -0.15) is 0 Å². The first kappa shape index (κ1) is 17.9. The maximum absolute atomic E-state index is 13.0. The van der Waals surface area contributed by atoms with E-state index in [1.807, 2.05) is 17.3 Å². The Balaban J connectivity index is 1.61. The minimum Gasteiger partial charge on any atom is -0.358 e. The molecular formula is C18H29N5O2. The number of hydrogen-bond acceptors (Lipinski definition) is 4. The van der Waals surface area contributed by atoms with Crippen molar-refractivity contribution in [2.75, 3.05) is 33.2 Å². The molecule has 1 saturated carbocycles. The molecule has 0 atom stereocenters. The third-order valence-corrected chi connectivity index (χ3v) is 5.66. The van der Waals surface area contributed by atoms with Crippen LogP contribution in [0.1, 0.15) is 38.4 Å². The molecule has 1 saturated heterocycles. The van der Waals surface area contributed by atoms with Crippen LogP contribution in [0.5, 0.6) is 0 Å². The van der Waals surface area contributed by atoms with Crippen LogP contribution in [0.15, 0.2) is 12.4 Å². The Morgan fingerprint density at radius 1 is 1.20 bits per heavy atom. The van der Waals surface area contributed by atoms with Crippen molar-refractivity contribution >= 4 is 11.8 Å². The van der Waals surface area contributed by atoms with Crippen molar-refractivity contribution in [1.29, 1.82) is 0 Å². The summed E-state index contributed by atoms with van der Waals surface area (Å²) in [7, 11) is 1.62. The van der Waals surface area contributed by atoms with Crippen molar-refractivity contribution in [1.82, 2.24) is 24.7 Å². The smallest absolute Gasteiger partial charge is 0.238 e. The van der Waals surface area contributed by atoms with Gasteiger partial charge in [-0.3, -0.25) is 14.5 Å². The zero-order chi connectivity index (χ0) is 17.9. The molecule has 7 heteroatoms. The molecule has 2 heterocycles. The minimum atomic E-state index is -0.803. The van der Waals surface area contributed by atoms with Crippen molar-refractivity contribution in [3.63, 3.8) is 0 Å². The molecule has 0 aromatic carbocycles. The van der Waals surface area contributed by atoms with Crippen molar-refractivity contribution in [3.05, 3.63) is 18.2 Å². The molecule has 0 radical (unpaired) electrons. The Labute approximate surface area is 149 Å². The first-order valence-corrected chi connectivity index (χ1v) is 9.34. The first-order chi connectivity index (χ1) is 12.1. The summed E-state index contributed by atoms with van der Waals surface area (Å²) in [5.41, 5.74) is -0.803. The van der Waals surface area contributed by atoms with E-state index in [1.165, 1.54) is 0 Å². The van der Waals surface area contributed by atoms with Gasteiger partial charge in [0.2, 0.25) is 11.8 Å². The van der Waals surface area contributed by atoms with Crippen molar-refractivity contribution in [2.24, 2.45) is 5.41 Å². The second-order valence-corrected chi connectivity index (χ2v) is 7.07. The zero-order valence-electron chi connectivity index (χ0n) is 15.3. The Bertz CT molecular complexity index is 623. The van der Waals surface area contributed by atoms with Crippen LogP contribution in [0, 0.1) is 5.41 Å². The summed E-state index contributed by atoms with van der Waals surface area (Å²) >= 11 is 0. The van der Waals surface area contributed by atoms with Gasteiger partial charge in [0.05, 0.1) is 6.54 Å². The molecule has 1 aliphatic heterocycles. The third-order valence-electron chi connectivity index (χ3n) is 5.66. The van der Waals surface area contributed by atoms with Gasteiger partial charge in [-0.1, -0.05) is 6.42 Å². The fraction of sp³-hybridized carbons (Fsp3) is 0.722. The zero-order valence-corrected chi connectivity index (χ0v) is 15.3. The maximum Gasteiger partial charge on any atom is 0.238 e. The number of nitrogens with zero attached hydrogens (tertiary/aromatic N) is 4. The molecule has 138 valence electrons. The van der Waals surface area contributed by atoms with E-state index in [-0.39, 0.29) is 11.8 Å². The lowest BCUT2D eigenvalue weighted by atomic mass is 9.67. The van der Waals surface area contributed by atoms with E-state index in [0.29, 0.717) is 19.4 Å². The maximum atomic E-state index is 13.0. The molecule has 1 N–H and O–H groups in total. The third kappa shape index (κ3) is 3.42. The van der Waals surface area contributed by atoms with Gasteiger partial charge in [-0.25, -0.2) is 4.98 Å². The van der Waals surface area contributed by atoms with E-state index in [0.717, 1.165) is 51.4 Å². The Morgan fingerprint density at radius 2 is 2.00 bits per heavy atom. The highest BCUT2D eigenvalue weighted by atomic mass is 16.2. The van der Waals surface area contributed by atoms with E-state index in [2.05, 4.69) is 26.7 Å². The molecule has 1 aromatic heterocycles. The molecule has 2 fully saturated rings. The monoisotopic (exact) mass is 347 g/mol. The summed E-state index contributed by atoms with van der Waals surface area (Å²) in [5, 5.41) is 2.69. The minimum absolute atomic E-state index is 0.0232. The SMILES string of the molecule is CCn1ccnc1CN1CCCN(C(=O)C2(C(=O)NC)CCC2)CC1. The predicted octanol–water partition coefficient (Wildman–Crippen LogP) is 0.854. The van der Waals surface area contributed by atoms with E-state index >= 15 is 0 Å². The van der Waals surface area contributed by atoms with Crippen LogP contribution < -0.4 is 5.32 Å². The quantitative estimate of drug-likeness (QED) is 0.802. The van der Waals surface area contributed by atoms with Crippen molar-refractivity contribution in [3.8, 4) is 0 Å². The largest absolute Gasteiger partial charge is 0.358 e. The second kappa shape index (κ2) is 7.56.